The minimum Gasteiger partial charge on any atom is -0.465 e. The zero-order valence-corrected chi connectivity index (χ0v) is 28.0. The first-order valence-corrected chi connectivity index (χ1v) is 17.5. The van der Waals surface area contributed by atoms with E-state index in [4.69, 9.17) is 14.2 Å². The van der Waals surface area contributed by atoms with Gasteiger partial charge < -0.3 is 19.4 Å². The fourth-order valence-corrected chi connectivity index (χ4v) is 6.77. The van der Waals surface area contributed by atoms with E-state index in [0.29, 0.717) is 39.1 Å². The second kappa shape index (κ2) is 18.2. The van der Waals surface area contributed by atoms with Gasteiger partial charge in [-0.05, 0) is 39.5 Å². The van der Waals surface area contributed by atoms with Crippen LogP contribution in [0.15, 0.2) is 0 Å². The summed E-state index contributed by atoms with van der Waals surface area (Å²) >= 11 is 0. The molecule has 0 aromatic heterocycles. The zero-order valence-electron chi connectivity index (χ0n) is 28.0. The summed E-state index contributed by atoms with van der Waals surface area (Å²) in [7, 11) is 0. The lowest BCUT2D eigenvalue weighted by atomic mass is 9.73. The zero-order chi connectivity index (χ0) is 30.2. The molecule has 0 amide bonds. The van der Waals surface area contributed by atoms with Crippen molar-refractivity contribution in [3.63, 3.8) is 0 Å². The number of carbonyl (C=O) groups is 1. The predicted molar refractivity (Wildman–Crippen MR) is 168 cm³/mol. The van der Waals surface area contributed by atoms with Crippen molar-refractivity contribution in [1.82, 2.24) is 5.06 Å². The molecule has 2 heterocycles. The molecule has 2 aliphatic heterocycles. The number of unbranched alkanes of at least 4 members (excludes halogenated alkanes) is 14. The van der Waals surface area contributed by atoms with E-state index < -0.39 is 16.9 Å². The third-order valence-electron chi connectivity index (χ3n) is 10.4. The molecular weight excluding hydrogens is 514 g/mol. The molecule has 0 aromatic carbocycles. The van der Waals surface area contributed by atoms with Crippen molar-refractivity contribution >= 4 is 5.97 Å². The molecule has 0 aromatic rings. The number of carbonyl (C=O) groups excluding carboxylic acids is 1. The molecule has 0 saturated carbocycles. The van der Waals surface area contributed by atoms with Crippen LogP contribution in [0.25, 0.3) is 0 Å². The van der Waals surface area contributed by atoms with Crippen LogP contribution in [0.2, 0.25) is 0 Å². The van der Waals surface area contributed by atoms with Gasteiger partial charge in [0.25, 0.3) is 0 Å². The Morgan fingerprint density at radius 1 is 0.683 bits per heavy atom. The summed E-state index contributed by atoms with van der Waals surface area (Å²) in [5.74, 6) is -0.802. The first kappa shape index (κ1) is 36.5. The standard InChI is InChI=1S/C35H67NO5/c1-7-11-12-13-14-15-16-17-18-19-20-21-22-23-24-25-31(37)39-28-34(10-4)29-40-35(41-30-34)26-32(5,8-2)36(38)33(6,9-3)27-35/h38H,7-30H2,1-6H3. The summed E-state index contributed by atoms with van der Waals surface area (Å²) in [5.41, 5.74) is -1.12. The van der Waals surface area contributed by atoms with Crippen LogP contribution in [-0.2, 0) is 19.0 Å². The summed E-state index contributed by atoms with van der Waals surface area (Å²) in [6.45, 7) is 14.2. The summed E-state index contributed by atoms with van der Waals surface area (Å²) < 4.78 is 18.8. The maximum absolute atomic E-state index is 12.5. The van der Waals surface area contributed by atoms with E-state index in [1.807, 2.05) is 0 Å². The van der Waals surface area contributed by atoms with Crippen molar-refractivity contribution in [2.24, 2.45) is 5.41 Å². The van der Waals surface area contributed by atoms with Gasteiger partial charge in [0.05, 0.1) is 18.6 Å². The molecule has 2 atom stereocenters. The third kappa shape index (κ3) is 11.4. The lowest BCUT2D eigenvalue weighted by Crippen LogP contribution is -2.69. The van der Waals surface area contributed by atoms with Gasteiger partial charge in [-0.15, -0.1) is 0 Å². The number of piperidine rings is 1. The van der Waals surface area contributed by atoms with Crippen molar-refractivity contribution in [1.29, 1.82) is 0 Å². The van der Waals surface area contributed by atoms with Crippen LogP contribution >= 0.6 is 0 Å². The van der Waals surface area contributed by atoms with Gasteiger partial charge in [-0.3, -0.25) is 4.79 Å². The molecule has 2 saturated heterocycles. The highest BCUT2D eigenvalue weighted by Crippen LogP contribution is 2.50. The molecule has 2 aliphatic rings. The van der Waals surface area contributed by atoms with Crippen molar-refractivity contribution < 1.29 is 24.2 Å². The second-order valence-electron chi connectivity index (χ2n) is 14.1. The van der Waals surface area contributed by atoms with Gasteiger partial charge in [0.1, 0.15) is 6.61 Å². The van der Waals surface area contributed by atoms with Gasteiger partial charge >= 0.3 is 5.97 Å². The fraction of sp³-hybridized carbons (Fsp3) is 0.971. The molecule has 41 heavy (non-hydrogen) atoms. The molecule has 242 valence electrons. The average molecular weight is 582 g/mol. The largest absolute Gasteiger partial charge is 0.465 e. The van der Waals surface area contributed by atoms with Crippen LogP contribution < -0.4 is 0 Å². The predicted octanol–water partition coefficient (Wildman–Crippen LogP) is 9.75. The molecule has 0 bridgehead atoms. The van der Waals surface area contributed by atoms with Gasteiger partial charge in [0.2, 0.25) is 0 Å². The maximum Gasteiger partial charge on any atom is 0.305 e. The van der Waals surface area contributed by atoms with E-state index in [9.17, 15) is 10.0 Å². The number of nitrogens with zero attached hydrogens (tertiary/aromatic N) is 1. The van der Waals surface area contributed by atoms with Crippen LogP contribution in [0.1, 0.15) is 176 Å². The maximum atomic E-state index is 12.5. The quantitative estimate of drug-likeness (QED) is 0.107. The van der Waals surface area contributed by atoms with Crippen molar-refractivity contribution in [2.75, 3.05) is 19.8 Å². The normalized spacial score (nSPS) is 30.6. The van der Waals surface area contributed by atoms with Gasteiger partial charge in [-0.1, -0.05) is 118 Å². The Morgan fingerprint density at radius 3 is 1.49 bits per heavy atom. The van der Waals surface area contributed by atoms with Gasteiger partial charge in [0.15, 0.2) is 5.79 Å². The molecule has 2 rings (SSSR count). The number of hydrogen-bond donors (Lipinski definition) is 1. The number of hydroxylamine groups is 2. The summed E-state index contributed by atoms with van der Waals surface area (Å²) in [6.07, 6.45) is 24.0. The number of rotatable bonds is 21. The summed E-state index contributed by atoms with van der Waals surface area (Å²) in [6, 6.07) is 0. The van der Waals surface area contributed by atoms with Crippen LogP contribution in [0.4, 0.5) is 0 Å². The highest BCUT2D eigenvalue weighted by Gasteiger charge is 2.58. The van der Waals surface area contributed by atoms with E-state index in [0.717, 1.165) is 32.1 Å². The highest BCUT2D eigenvalue weighted by molar-refractivity contribution is 5.69. The molecule has 1 N–H and O–H groups in total. The van der Waals surface area contributed by atoms with Crippen LogP contribution in [0.3, 0.4) is 0 Å². The van der Waals surface area contributed by atoms with E-state index in [1.165, 1.54) is 83.5 Å². The smallest absolute Gasteiger partial charge is 0.305 e. The Kier molecular flexibility index (Phi) is 16.2. The molecule has 2 fully saturated rings. The van der Waals surface area contributed by atoms with Crippen molar-refractivity contribution in [3.8, 4) is 0 Å². The van der Waals surface area contributed by atoms with E-state index in [-0.39, 0.29) is 11.4 Å². The fourth-order valence-electron chi connectivity index (χ4n) is 6.77. The van der Waals surface area contributed by atoms with Crippen molar-refractivity contribution in [2.45, 2.75) is 193 Å². The third-order valence-corrected chi connectivity index (χ3v) is 10.4. The SMILES string of the molecule is CCCCCCCCCCCCCCCCCC(=O)OCC1(CC)COC2(CC(C)(CC)N(O)C(C)(CC)C2)OC1. The second-order valence-corrected chi connectivity index (χ2v) is 14.1. The molecule has 0 aliphatic carbocycles. The number of esters is 1. The number of ether oxygens (including phenoxy) is 3. The van der Waals surface area contributed by atoms with E-state index in [2.05, 4.69) is 41.5 Å². The van der Waals surface area contributed by atoms with Crippen LogP contribution in [0, 0.1) is 5.41 Å². The first-order chi connectivity index (χ1) is 19.6. The van der Waals surface area contributed by atoms with Gasteiger partial charge in [0, 0.05) is 30.3 Å². The Bertz CT molecular complexity index is 699. The molecule has 6 nitrogen and oxygen atoms in total. The number of hydrogen-bond acceptors (Lipinski definition) is 6. The van der Waals surface area contributed by atoms with E-state index >= 15 is 0 Å². The molecule has 6 heteroatoms. The average Bonchev–Trinajstić information content (AvgIpc) is 2.98. The van der Waals surface area contributed by atoms with Crippen LogP contribution in [-0.4, -0.2) is 52.9 Å². The van der Waals surface area contributed by atoms with Gasteiger partial charge in [-0.25, -0.2) is 0 Å². The minimum atomic E-state index is -0.703. The molecule has 2 unspecified atom stereocenters. The van der Waals surface area contributed by atoms with E-state index in [1.54, 1.807) is 5.06 Å². The first-order valence-electron chi connectivity index (χ1n) is 17.5. The Hall–Kier alpha value is -0.690. The lowest BCUT2D eigenvalue weighted by molar-refractivity contribution is -0.380. The highest BCUT2D eigenvalue weighted by atomic mass is 16.7. The molecule has 0 radical (unpaired) electrons. The Labute approximate surface area is 253 Å². The lowest BCUT2D eigenvalue weighted by Gasteiger charge is -2.59. The minimum absolute atomic E-state index is 0.0986. The monoisotopic (exact) mass is 582 g/mol. The van der Waals surface area contributed by atoms with Crippen molar-refractivity contribution in [3.05, 3.63) is 0 Å². The topological polar surface area (TPSA) is 68.2 Å². The Balaban J connectivity index is 1.58. The summed E-state index contributed by atoms with van der Waals surface area (Å²) in [4.78, 5) is 12.5. The van der Waals surface area contributed by atoms with Crippen LogP contribution in [0.5, 0.6) is 0 Å². The summed E-state index contributed by atoms with van der Waals surface area (Å²) in [5, 5.41) is 12.6. The Morgan fingerprint density at radius 2 is 1.10 bits per heavy atom. The van der Waals surface area contributed by atoms with Gasteiger partial charge in [-0.2, -0.15) is 5.06 Å². The molecular formula is C35H67NO5. The molecule has 1 spiro atoms.